The van der Waals surface area contributed by atoms with Gasteiger partial charge in [0.1, 0.15) is 6.10 Å². The van der Waals surface area contributed by atoms with Crippen LogP contribution in [0.4, 0.5) is 0 Å². The van der Waals surface area contributed by atoms with Gasteiger partial charge in [0.25, 0.3) is 0 Å². The summed E-state index contributed by atoms with van der Waals surface area (Å²) in [6.07, 6.45) is 2.07. The number of esters is 1. The average Bonchev–Trinajstić information content (AvgIpc) is 2.96. The highest BCUT2D eigenvalue weighted by molar-refractivity contribution is 5.95. The van der Waals surface area contributed by atoms with Crippen LogP contribution < -0.4 is 0 Å². The van der Waals surface area contributed by atoms with E-state index in [4.69, 9.17) is 4.74 Å². The van der Waals surface area contributed by atoms with Crippen LogP contribution in [0.5, 0.6) is 0 Å². The minimum atomic E-state index is -0.205. The van der Waals surface area contributed by atoms with E-state index >= 15 is 0 Å². The van der Waals surface area contributed by atoms with Crippen LogP contribution in [-0.4, -0.2) is 36.1 Å². The Morgan fingerprint density at radius 2 is 1.95 bits per heavy atom. The van der Waals surface area contributed by atoms with Gasteiger partial charge in [-0.2, -0.15) is 0 Å². The molecule has 2 aromatic rings. The maximum atomic E-state index is 12.4. The van der Waals surface area contributed by atoms with Crippen molar-refractivity contribution in [1.82, 2.24) is 4.90 Å². The molecular weight excluding hydrogens is 274 g/mol. The number of fused-ring (bicyclic) bond motifs is 1. The van der Waals surface area contributed by atoms with E-state index in [2.05, 4.69) is 18.7 Å². The lowest BCUT2D eigenvalue weighted by Crippen LogP contribution is -2.29. The second kappa shape index (κ2) is 6.49. The maximum Gasteiger partial charge on any atom is 0.338 e. The van der Waals surface area contributed by atoms with E-state index in [0.29, 0.717) is 11.6 Å². The van der Waals surface area contributed by atoms with Crippen molar-refractivity contribution < 1.29 is 9.53 Å². The van der Waals surface area contributed by atoms with Crippen LogP contribution in [0.3, 0.4) is 0 Å². The first-order chi connectivity index (χ1) is 10.7. The number of likely N-dealkylation sites (N-methyl/N-ethyl adjacent to an activating group) is 1. The van der Waals surface area contributed by atoms with Crippen LogP contribution >= 0.6 is 0 Å². The molecule has 0 bridgehead atoms. The number of carbonyl (C=O) groups excluding carboxylic acids is 1. The van der Waals surface area contributed by atoms with E-state index in [9.17, 15) is 4.79 Å². The van der Waals surface area contributed by atoms with Crippen molar-refractivity contribution >= 4 is 16.7 Å². The zero-order valence-electron chi connectivity index (χ0n) is 13.3. The summed E-state index contributed by atoms with van der Waals surface area (Å²) in [6.45, 7) is 6.23. The fraction of sp³-hybridized carbons (Fsp3) is 0.421. The summed E-state index contributed by atoms with van der Waals surface area (Å²) in [5.74, 6) is -0.205. The van der Waals surface area contributed by atoms with Gasteiger partial charge in [0.2, 0.25) is 0 Å². The molecule has 1 aliphatic rings. The zero-order valence-corrected chi connectivity index (χ0v) is 13.3. The number of nitrogens with zero attached hydrogens (tertiary/aromatic N) is 1. The van der Waals surface area contributed by atoms with Crippen LogP contribution in [0.1, 0.15) is 37.0 Å². The Kier molecular flexibility index (Phi) is 4.44. The number of likely N-dealkylation sites (tertiary alicyclic amines) is 1. The Morgan fingerprint density at radius 1 is 1.18 bits per heavy atom. The molecule has 2 atom stereocenters. The van der Waals surface area contributed by atoms with E-state index in [-0.39, 0.29) is 12.1 Å². The van der Waals surface area contributed by atoms with Gasteiger partial charge < -0.3 is 4.74 Å². The molecule has 0 aromatic heterocycles. The summed E-state index contributed by atoms with van der Waals surface area (Å²) in [4.78, 5) is 14.8. The average molecular weight is 297 g/mol. The third kappa shape index (κ3) is 3.00. The summed E-state index contributed by atoms with van der Waals surface area (Å²) in [6, 6.07) is 14.4. The van der Waals surface area contributed by atoms with E-state index < -0.39 is 0 Å². The van der Waals surface area contributed by atoms with Gasteiger partial charge in [0.05, 0.1) is 5.56 Å². The third-order valence-electron chi connectivity index (χ3n) is 4.63. The van der Waals surface area contributed by atoms with Crippen molar-refractivity contribution in [3.63, 3.8) is 0 Å². The van der Waals surface area contributed by atoms with Crippen molar-refractivity contribution in [3.8, 4) is 0 Å². The van der Waals surface area contributed by atoms with Crippen LogP contribution in [0, 0.1) is 0 Å². The zero-order chi connectivity index (χ0) is 15.5. The molecule has 22 heavy (non-hydrogen) atoms. The molecular formula is C19H23NO2. The Bertz CT molecular complexity index is 655. The first-order valence-electron chi connectivity index (χ1n) is 8.15. The normalized spacial score (nSPS) is 22.1. The molecule has 0 saturated carbocycles. The van der Waals surface area contributed by atoms with Crippen LogP contribution in [0.15, 0.2) is 42.5 Å². The van der Waals surface area contributed by atoms with Crippen molar-refractivity contribution in [1.29, 1.82) is 0 Å². The molecule has 116 valence electrons. The monoisotopic (exact) mass is 297 g/mol. The van der Waals surface area contributed by atoms with Gasteiger partial charge in [0.15, 0.2) is 0 Å². The number of carbonyl (C=O) groups is 1. The van der Waals surface area contributed by atoms with Crippen molar-refractivity contribution in [2.24, 2.45) is 0 Å². The molecule has 3 nitrogen and oxygen atoms in total. The summed E-state index contributed by atoms with van der Waals surface area (Å²) in [5, 5.41) is 2.22. The lowest BCUT2D eigenvalue weighted by Gasteiger charge is -2.19. The van der Waals surface area contributed by atoms with Crippen molar-refractivity contribution in [3.05, 3.63) is 48.0 Å². The molecule has 0 spiro atoms. The number of rotatable bonds is 4. The third-order valence-corrected chi connectivity index (χ3v) is 4.63. The van der Waals surface area contributed by atoms with Gasteiger partial charge in [-0.05, 0) is 35.9 Å². The highest BCUT2D eigenvalue weighted by Gasteiger charge is 2.32. The molecule has 1 heterocycles. The first-order valence-corrected chi connectivity index (χ1v) is 8.15. The molecule has 1 aliphatic heterocycles. The molecule has 3 heteroatoms. The minimum Gasteiger partial charge on any atom is -0.457 e. The fourth-order valence-corrected chi connectivity index (χ4v) is 3.37. The predicted molar refractivity (Wildman–Crippen MR) is 89.1 cm³/mol. The Hall–Kier alpha value is -1.87. The van der Waals surface area contributed by atoms with Gasteiger partial charge in [-0.1, -0.05) is 44.2 Å². The van der Waals surface area contributed by atoms with Gasteiger partial charge in [-0.3, -0.25) is 4.90 Å². The van der Waals surface area contributed by atoms with E-state index in [0.717, 1.165) is 36.7 Å². The number of ether oxygens (including phenoxy) is 1. The standard InChI is InChI=1S/C19H23NO2/c1-3-17-12-18(13-20(17)4-2)22-19(21)16-10-9-14-7-5-6-8-15(14)11-16/h5-11,17-18H,3-4,12-13H2,1-2H3. The molecule has 2 unspecified atom stereocenters. The van der Waals surface area contributed by atoms with Gasteiger partial charge in [-0.15, -0.1) is 0 Å². The fourth-order valence-electron chi connectivity index (χ4n) is 3.37. The van der Waals surface area contributed by atoms with Gasteiger partial charge >= 0.3 is 5.97 Å². The quantitative estimate of drug-likeness (QED) is 0.802. The molecule has 2 aromatic carbocycles. The predicted octanol–water partition coefficient (Wildman–Crippen LogP) is 3.87. The van der Waals surface area contributed by atoms with Crippen molar-refractivity contribution in [2.45, 2.75) is 38.8 Å². The van der Waals surface area contributed by atoms with E-state index in [1.54, 1.807) is 0 Å². The largest absolute Gasteiger partial charge is 0.457 e. The lowest BCUT2D eigenvalue weighted by molar-refractivity contribution is 0.0323. The maximum absolute atomic E-state index is 12.4. The minimum absolute atomic E-state index is 0.0175. The second-order valence-corrected chi connectivity index (χ2v) is 5.97. The number of benzene rings is 2. The highest BCUT2D eigenvalue weighted by atomic mass is 16.5. The van der Waals surface area contributed by atoms with Crippen molar-refractivity contribution in [2.75, 3.05) is 13.1 Å². The van der Waals surface area contributed by atoms with Gasteiger partial charge in [0, 0.05) is 19.0 Å². The highest BCUT2D eigenvalue weighted by Crippen LogP contribution is 2.24. The molecule has 0 radical (unpaired) electrons. The molecule has 0 amide bonds. The number of hydrogen-bond acceptors (Lipinski definition) is 3. The summed E-state index contributed by atoms with van der Waals surface area (Å²) in [7, 11) is 0. The second-order valence-electron chi connectivity index (χ2n) is 5.97. The summed E-state index contributed by atoms with van der Waals surface area (Å²) in [5.41, 5.74) is 0.640. The van der Waals surface area contributed by atoms with E-state index in [1.807, 2.05) is 42.5 Å². The van der Waals surface area contributed by atoms with Crippen LogP contribution in [0.2, 0.25) is 0 Å². The van der Waals surface area contributed by atoms with Crippen LogP contribution in [-0.2, 0) is 4.74 Å². The number of hydrogen-bond donors (Lipinski definition) is 0. The molecule has 0 aliphatic carbocycles. The molecule has 1 saturated heterocycles. The van der Waals surface area contributed by atoms with Gasteiger partial charge in [-0.25, -0.2) is 4.79 Å². The molecule has 3 rings (SSSR count). The summed E-state index contributed by atoms with van der Waals surface area (Å²) < 4.78 is 5.73. The summed E-state index contributed by atoms with van der Waals surface area (Å²) >= 11 is 0. The topological polar surface area (TPSA) is 29.5 Å². The molecule has 0 N–H and O–H groups in total. The Labute approximate surface area is 131 Å². The van der Waals surface area contributed by atoms with Crippen LogP contribution in [0.25, 0.3) is 10.8 Å². The lowest BCUT2D eigenvalue weighted by atomic mass is 10.1. The first kappa shape index (κ1) is 15.0. The Morgan fingerprint density at radius 3 is 2.64 bits per heavy atom. The van der Waals surface area contributed by atoms with E-state index in [1.165, 1.54) is 0 Å². The smallest absolute Gasteiger partial charge is 0.338 e. The molecule has 1 fully saturated rings. The SMILES string of the molecule is CCC1CC(OC(=O)c2ccc3ccccc3c2)CN1CC. The Balaban J connectivity index is 1.71.